The van der Waals surface area contributed by atoms with Crippen LogP contribution in [0.25, 0.3) is 0 Å². The molecule has 1 unspecified atom stereocenters. The van der Waals surface area contributed by atoms with Gasteiger partial charge in [-0.1, -0.05) is 18.2 Å². The van der Waals surface area contributed by atoms with Gasteiger partial charge in [-0.15, -0.1) is 11.3 Å². The summed E-state index contributed by atoms with van der Waals surface area (Å²) in [7, 11) is 0. The molecule has 0 spiro atoms. The molecule has 0 aliphatic carbocycles. The van der Waals surface area contributed by atoms with Gasteiger partial charge >= 0.3 is 6.18 Å². The number of rotatable bonds is 1. The van der Waals surface area contributed by atoms with E-state index in [9.17, 15) is 13.2 Å². The first-order valence-electron chi connectivity index (χ1n) is 6.05. The van der Waals surface area contributed by atoms with Crippen LogP contribution in [-0.4, -0.2) is 6.54 Å². The number of benzene rings is 1. The number of anilines is 1. The standard InChI is InChI=1S/C14H12F3NS/c15-14(16,17)11-4-1-3-10-9(6-7-18-13(10)11)12-5-2-8-19-12/h1-5,8-9,18H,6-7H2. The normalized spacial score (nSPS) is 18.8. The summed E-state index contributed by atoms with van der Waals surface area (Å²) in [5.74, 6) is 0.0681. The minimum Gasteiger partial charge on any atom is -0.384 e. The molecular weight excluding hydrogens is 271 g/mol. The Morgan fingerprint density at radius 3 is 2.68 bits per heavy atom. The second-order valence-corrected chi connectivity index (χ2v) is 5.53. The molecule has 1 nitrogen and oxygen atoms in total. The van der Waals surface area contributed by atoms with E-state index in [0.29, 0.717) is 6.54 Å². The molecule has 1 aliphatic rings. The maximum Gasteiger partial charge on any atom is 0.418 e. The largest absolute Gasteiger partial charge is 0.418 e. The van der Waals surface area contributed by atoms with Crippen LogP contribution in [0.4, 0.5) is 18.9 Å². The van der Waals surface area contributed by atoms with Gasteiger partial charge in [0.25, 0.3) is 0 Å². The molecule has 0 radical (unpaired) electrons. The summed E-state index contributed by atoms with van der Waals surface area (Å²) >= 11 is 1.60. The van der Waals surface area contributed by atoms with E-state index in [4.69, 9.17) is 0 Å². The van der Waals surface area contributed by atoms with E-state index in [2.05, 4.69) is 5.32 Å². The summed E-state index contributed by atoms with van der Waals surface area (Å²) in [6, 6.07) is 8.36. The highest BCUT2D eigenvalue weighted by atomic mass is 32.1. The van der Waals surface area contributed by atoms with Crippen LogP contribution in [0, 0.1) is 0 Å². The first-order chi connectivity index (χ1) is 9.07. The van der Waals surface area contributed by atoms with Crippen molar-refractivity contribution in [3.05, 3.63) is 51.7 Å². The van der Waals surface area contributed by atoms with Crippen molar-refractivity contribution in [1.82, 2.24) is 0 Å². The zero-order valence-electron chi connectivity index (χ0n) is 10.00. The van der Waals surface area contributed by atoms with Crippen LogP contribution < -0.4 is 5.32 Å². The number of hydrogen-bond donors (Lipinski definition) is 1. The number of fused-ring (bicyclic) bond motifs is 1. The summed E-state index contributed by atoms with van der Waals surface area (Å²) in [6.07, 6.45) is -3.48. The van der Waals surface area contributed by atoms with E-state index < -0.39 is 11.7 Å². The lowest BCUT2D eigenvalue weighted by Crippen LogP contribution is -2.21. The zero-order chi connectivity index (χ0) is 13.5. The molecule has 100 valence electrons. The second kappa shape index (κ2) is 4.56. The predicted molar refractivity (Wildman–Crippen MR) is 70.7 cm³/mol. The first kappa shape index (κ1) is 12.5. The average molecular weight is 283 g/mol. The third kappa shape index (κ3) is 2.23. The van der Waals surface area contributed by atoms with E-state index in [0.717, 1.165) is 22.9 Å². The molecule has 19 heavy (non-hydrogen) atoms. The van der Waals surface area contributed by atoms with Crippen LogP contribution >= 0.6 is 11.3 Å². The van der Waals surface area contributed by atoms with Gasteiger partial charge in [0.15, 0.2) is 0 Å². The van der Waals surface area contributed by atoms with Crippen molar-refractivity contribution in [3.8, 4) is 0 Å². The van der Waals surface area contributed by atoms with Crippen LogP contribution in [0.15, 0.2) is 35.7 Å². The maximum atomic E-state index is 13.0. The molecule has 1 N–H and O–H groups in total. The average Bonchev–Trinajstić information content (AvgIpc) is 2.90. The molecule has 2 heterocycles. The molecule has 1 aliphatic heterocycles. The van der Waals surface area contributed by atoms with E-state index in [1.165, 1.54) is 6.07 Å². The molecule has 1 aromatic heterocycles. The Bertz CT molecular complexity index is 575. The van der Waals surface area contributed by atoms with E-state index in [1.807, 2.05) is 17.5 Å². The van der Waals surface area contributed by atoms with Crippen molar-refractivity contribution in [2.75, 3.05) is 11.9 Å². The predicted octanol–water partition coefficient (Wildman–Crippen LogP) is 4.71. The number of nitrogens with one attached hydrogen (secondary N) is 1. The van der Waals surface area contributed by atoms with Crippen molar-refractivity contribution in [1.29, 1.82) is 0 Å². The Kier molecular flexibility index (Phi) is 3.01. The van der Waals surface area contributed by atoms with Crippen molar-refractivity contribution < 1.29 is 13.2 Å². The van der Waals surface area contributed by atoms with Crippen LogP contribution in [0.5, 0.6) is 0 Å². The minimum absolute atomic E-state index is 0.0681. The van der Waals surface area contributed by atoms with Crippen molar-refractivity contribution in [2.24, 2.45) is 0 Å². The van der Waals surface area contributed by atoms with Crippen LogP contribution in [0.2, 0.25) is 0 Å². The molecule has 0 amide bonds. The van der Waals surface area contributed by atoms with Gasteiger partial charge in [0.1, 0.15) is 0 Å². The van der Waals surface area contributed by atoms with Crippen LogP contribution in [0.3, 0.4) is 0 Å². The highest BCUT2D eigenvalue weighted by molar-refractivity contribution is 7.10. The smallest absolute Gasteiger partial charge is 0.384 e. The highest BCUT2D eigenvalue weighted by Gasteiger charge is 2.36. The molecule has 5 heteroatoms. The van der Waals surface area contributed by atoms with Crippen LogP contribution in [0.1, 0.15) is 28.3 Å². The highest BCUT2D eigenvalue weighted by Crippen LogP contribution is 2.44. The van der Waals surface area contributed by atoms with Gasteiger partial charge in [-0.05, 0) is 29.5 Å². The molecule has 0 saturated carbocycles. The van der Waals surface area contributed by atoms with Crippen molar-refractivity contribution in [3.63, 3.8) is 0 Å². The molecule has 1 aromatic carbocycles. The van der Waals surface area contributed by atoms with Gasteiger partial charge in [0.2, 0.25) is 0 Å². The quantitative estimate of drug-likeness (QED) is 0.799. The Morgan fingerprint density at radius 2 is 2.00 bits per heavy atom. The van der Waals surface area contributed by atoms with E-state index in [-0.39, 0.29) is 11.6 Å². The summed E-state index contributed by atoms with van der Waals surface area (Å²) in [4.78, 5) is 1.13. The van der Waals surface area contributed by atoms with Gasteiger partial charge in [0, 0.05) is 17.3 Å². The summed E-state index contributed by atoms with van der Waals surface area (Å²) in [5, 5.41) is 4.88. The Balaban J connectivity index is 2.11. The van der Waals surface area contributed by atoms with Gasteiger partial charge in [0.05, 0.1) is 11.3 Å². The number of thiophene rings is 1. The molecule has 0 bridgehead atoms. The minimum atomic E-state index is -4.31. The second-order valence-electron chi connectivity index (χ2n) is 4.55. The molecule has 3 rings (SSSR count). The topological polar surface area (TPSA) is 12.0 Å². The maximum absolute atomic E-state index is 13.0. The Hall–Kier alpha value is -1.49. The first-order valence-corrected chi connectivity index (χ1v) is 6.92. The fraction of sp³-hybridized carbons (Fsp3) is 0.286. The summed E-state index contributed by atoms with van der Waals surface area (Å²) in [6.45, 7) is 0.572. The number of hydrogen-bond acceptors (Lipinski definition) is 2. The third-order valence-electron chi connectivity index (χ3n) is 3.40. The lowest BCUT2D eigenvalue weighted by Gasteiger charge is -2.28. The molecular formula is C14H12F3NS. The van der Waals surface area contributed by atoms with Gasteiger partial charge in [-0.2, -0.15) is 13.2 Å². The van der Waals surface area contributed by atoms with E-state index >= 15 is 0 Å². The van der Waals surface area contributed by atoms with Crippen molar-refractivity contribution >= 4 is 17.0 Å². The van der Waals surface area contributed by atoms with Crippen LogP contribution in [-0.2, 0) is 6.18 Å². The van der Waals surface area contributed by atoms with E-state index in [1.54, 1.807) is 17.4 Å². The molecule has 0 saturated heterocycles. The van der Waals surface area contributed by atoms with Gasteiger partial charge in [-0.25, -0.2) is 0 Å². The molecule has 2 aromatic rings. The number of alkyl halides is 3. The van der Waals surface area contributed by atoms with Gasteiger partial charge in [-0.3, -0.25) is 0 Å². The molecule has 1 atom stereocenters. The lowest BCUT2D eigenvalue weighted by molar-refractivity contribution is -0.137. The summed E-state index contributed by atoms with van der Waals surface area (Å²) < 4.78 is 39.0. The zero-order valence-corrected chi connectivity index (χ0v) is 10.8. The molecule has 0 fully saturated rings. The SMILES string of the molecule is FC(F)(F)c1cccc2c1NCCC2c1cccs1. The monoisotopic (exact) mass is 283 g/mol. The summed E-state index contributed by atoms with van der Waals surface area (Å²) in [5.41, 5.74) is 0.439. The Morgan fingerprint density at radius 1 is 1.16 bits per heavy atom. The fourth-order valence-corrected chi connectivity index (χ4v) is 3.46. The van der Waals surface area contributed by atoms with Gasteiger partial charge < -0.3 is 5.32 Å². The lowest BCUT2D eigenvalue weighted by atomic mass is 9.88. The Labute approximate surface area is 113 Å². The fourth-order valence-electron chi connectivity index (χ4n) is 2.58. The number of halogens is 3. The number of para-hydroxylation sites is 1. The van der Waals surface area contributed by atoms with Crippen molar-refractivity contribution in [2.45, 2.75) is 18.5 Å². The third-order valence-corrected chi connectivity index (χ3v) is 4.38.